The smallest absolute Gasteiger partial charge is 0.462 e. The Bertz CT molecular complexity index is 1650. The van der Waals surface area contributed by atoms with E-state index in [4.69, 9.17) is 37.0 Å². The molecule has 0 spiro atoms. The molecule has 3 N–H and O–H groups in total. The lowest BCUT2D eigenvalue weighted by Crippen LogP contribution is -2.30. The molecule has 0 aromatic carbocycles. The van der Waals surface area contributed by atoms with Crippen LogP contribution in [0.4, 0.5) is 0 Å². The molecule has 0 saturated carbocycles. The van der Waals surface area contributed by atoms with Crippen molar-refractivity contribution in [3.05, 3.63) is 0 Å². The lowest BCUT2D eigenvalue weighted by atomic mass is 10.0. The second-order valence-electron chi connectivity index (χ2n) is 24.6. The fraction of sp³-hybridized carbons (Fsp3) is 0.938. The second kappa shape index (κ2) is 55.4. The Morgan fingerprint density at radius 3 is 0.819 bits per heavy atom. The molecule has 0 heterocycles. The van der Waals surface area contributed by atoms with Gasteiger partial charge in [0, 0.05) is 25.7 Å². The van der Waals surface area contributed by atoms with Gasteiger partial charge in [-0.3, -0.25) is 37.3 Å². The largest absolute Gasteiger partial charge is 0.472 e. The van der Waals surface area contributed by atoms with E-state index in [1.807, 2.05) is 0 Å². The highest BCUT2D eigenvalue weighted by Crippen LogP contribution is 2.45. The predicted octanol–water partition coefficient (Wildman–Crippen LogP) is 17.5. The molecule has 492 valence electrons. The molecule has 2 unspecified atom stereocenters. The molecule has 0 aromatic rings. The van der Waals surface area contributed by atoms with Crippen molar-refractivity contribution in [1.82, 2.24) is 0 Å². The number of aliphatic hydroxyl groups is 1. The predicted molar refractivity (Wildman–Crippen MR) is 331 cm³/mol. The first kappa shape index (κ1) is 81.1. The molecule has 0 rings (SSSR count). The van der Waals surface area contributed by atoms with Gasteiger partial charge in [0.05, 0.1) is 26.4 Å². The van der Waals surface area contributed by atoms with Gasteiger partial charge in [-0.25, -0.2) is 9.13 Å². The van der Waals surface area contributed by atoms with Gasteiger partial charge in [-0.15, -0.1) is 0 Å². The van der Waals surface area contributed by atoms with Gasteiger partial charge in [-0.1, -0.05) is 260 Å². The Kier molecular flexibility index (Phi) is 54.1. The first-order valence-electron chi connectivity index (χ1n) is 33.3. The van der Waals surface area contributed by atoms with E-state index in [-0.39, 0.29) is 25.7 Å². The standard InChI is InChI=1S/C64H124O17P2/c1-8-9-10-11-12-15-24-31-38-45-61(66)74-52-60(81-64(69)48-41-34-27-20-23-30-37-44-57(6)7)54-79-83(72,73)77-50-58(65)49-76-82(70,71)78-53-59(51-75-62(67)46-39-32-25-19-18-22-29-36-43-56(4)5)80-63(68)47-40-33-26-17-14-13-16-21-28-35-42-55(2)3/h55-60,65H,8-54H2,1-7H3,(H,70,71)(H,72,73)/t58-,59-,60-/m1/s1. The summed E-state index contributed by atoms with van der Waals surface area (Å²) >= 11 is 0. The Balaban J connectivity index is 5.24. The van der Waals surface area contributed by atoms with Crippen molar-refractivity contribution in [3.8, 4) is 0 Å². The first-order valence-corrected chi connectivity index (χ1v) is 36.3. The number of phosphoric ester groups is 2. The van der Waals surface area contributed by atoms with E-state index in [1.54, 1.807) is 0 Å². The minimum atomic E-state index is -4.94. The number of ether oxygens (including phenoxy) is 4. The van der Waals surface area contributed by atoms with E-state index in [0.717, 1.165) is 102 Å². The molecule has 0 aliphatic rings. The van der Waals surface area contributed by atoms with E-state index in [2.05, 4.69) is 48.5 Å². The van der Waals surface area contributed by atoms with Crippen molar-refractivity contribution < 1.29 is 80.2 Å². The Morgan fingerprint density at radius 1 is 0.325 bits per heavy atom. The summed E-state index contributed by atoms with van der Waals surface area (Å²) in [6.45, 7) is 11.7. The first-order chi connectivity index (χ1) is 39.7. The summed E-state index contributed by atoms with van der Waals surface area (Å²) in [7, 11) is -9.89. The Morgan fingerprint density at radius 2 is 0.554 bits per heavy atom. The molecule has 0 fully saturated rings. The van der Waals surface area contributed by atoms with Crippen LogP contribution in [0.1, 0.15) is 312 Å². The summed E-state index contributed by atoms with van der Waals surface area (Å²) in [5.74, 6) is 0.0355. The lowest BCUT2D eigenvalue weighted by molar-refractivity contribution is -0.161. The zero-order valence-corrected chi connectivity index (χ0v) is 55.4. The van der Waals surface area contributed by atoms with Crippen LogP contribution in [0.15, 0.2) is 0 Å². The molecule has 0 radical (unpaired) electrons. The SMILES string of the molecule is CCCCCCCCCCCC(=O)OC[C@H](COP(=O)(O)OC[C@H](O)COP(=O)(O)OC[C@@H](COC(=O)CCCCCCCCCCC(C)C)OC(=O)CCCCCCCCCCCCC(C)C)OC(=O)CCCCCCCCCC(C)C. The normalized spacial score (nSPS) is 14.4. The van der Waals surface area contributed by atoms with Gasteiger partial charge in [0.2, 0.25) is 0 Å². The molecular weight excluding hydrogens is 1100 g/mol. The highest BCUT2D eigenvalue weighted by molar-refractivity contribution is 7.47. The molecule has 0 aromatic heterocycles. The van der Waals surface area contributed by atoms with Crippen LogP contribution in [-0.4, -0.2) is 96.7 Å². The van der Waals surface area contributed by atoms with Gasteiger partial charge in [0.25, 0.3) is 0 Å². The van der Waals surface area contributed by atoms with Crippen LogP contribution in [0.2, 0.25) is 0 Å². The Hall–Kier alpha value is -1.94. The average Bonchev–Trinajstić information content (AvgIpc) is 3.43. The van der Waals surface area contributed by atoms with Gasteiger partial charge in [0.1, 0.15) is 19.3 Å². The average molecular weight is 1230 g/mol. The van der Waals surface area contributed by atoms with Crippen molar-refractivity contribution in [1.29, 1.82) is 0 Å². The van der Waals surface area contributed by atoms with Gasteiger partial charge in [0.15, 0.2) is 12.2 Å². The number of hydrogen-bond donors (Lipinski definition) is 3. The fourth-order valence-electron chi connectivity index (χ4n) is 9.48. The molecule has 0 aliphatic carbocycles. The summed E-state index contributed by atoms with van der Waals surface area (Å²) in [5, 5.41) is 10.5. The van der Waals surface area contributed by atoms with Gasteiger partial charge in [-0.2, -0.15) is 0 Å². The Labute approximate surface area is 505 Å². The maximum absolute atomic E-state index is 13.0. The van der Waals surface area contributed by atoms with Crippen molar-refractivity contribution in [2.24, 2.45) is 17.8 Å². The van der Waals surface area contributed by atoms with E-state index in [0.29, 0.717) is 31.6 Å². The fourth-order valence-corrected chi connectivity index (χ4v) is 11.1. The number of phosphoric acid groups is 2. The van der Waals surface area contributed by atoms with E-state index >= 15 is 0 Å². The maximum Gasteiger partial charge on any atom is 0.472 e. The van der Waals surface area contributed by atoms with Crippen molar-refractivity contribution in [2.75, 3.05) is 39.6 Å². The van der Waals surface area contributed by atoms with Crippen molar-refractivity contribution in [3.63, 3.8) is 0 Å². The third-order valence-electron chi connectivity index (χ3n) is 14.6. The zero-order chi connectivity index (χ0) is 61.7. The van der Waals surface area contributed by atoms with Gasteiger partial charge in [-0.05, 0) is 43.4 Å². The molecule has 0 bridgehead atoms. The molecule has 19 heteroatoms. The molecule has 5 atom stereocenters. The van der Waals surface area contributed by atoms with Crippen molar-refractivity contribution in [2.45, 2.75) is 330 Å². The minimum absolute atomic E-state index is 0.103. The highest BCUT2D eigenvalue weighted by atomic mass is 31.2. The van der Waals surface area contributed by atoms with E-state index < -0.39 is 97.5 Å². The van der Waals surface area contributed by atoms with Crippen LogP contribution in [0, 0.1) is 17.8 Å². The molecule has 83 heavy (non-hydrogen) atoms. The molecule has 0 amide bonds. The van der Waals surface area contributed by atoms with E-state index in [9.17, 15) is 43.2 Å². The number of aliphatic hydroxyl groups excluding tert-OH is 1. The number of hydrogen-bond acceptors (Lipinski definition) is 15. The summed E-state index contributed by atoms with van der Waals surface area (Å²) < 4.78 is 68.0. The third-order valence-corrected chi connectivity index (χ3v) is 16.5. The van der Waals surface area contributed by atoms with Gasteiger partial charge < -0.3 is 33.8 Å². The van der Waals surface area contributed by atoms with Crippen LogP contribution in [0.25, 0.3) is 0 Å². The van der Waals surface area contributed by atoms with Crippen LogP contribution < -0.4 is 0 Å². The number of rotatable bonds is 62. The second-order valence-corrected chi connectivity index (χ2v) is 27.5. The molecule has 0 saturated heterocycles. The summed E-state index contributed by atoms with van der Waals surface area (Å²) in [6, 6.07) is 0. The van der Waals surface area contributed by atoms with Crippen molar-refractivity contribution >= 4 is 39.5 Å². The highest BCUT2D eigenvalue weighted by Gasteiger charge is 2.30. The van der Waals surface area contributed by atoms with Crippen LogP contribution in [0.5, 0.6) is 0 Å². The summed E-state index contributed by atoms with van der Waals surface area (Å²) in [6.07, 6.45) is 36.3. The van der Waals surface area contributed by atoms with E-state index in [1.165, 1.54) is 122 Å². The number of carbonyl (C=O) groups excluding carboxylic acids is 4. The lowest BCUT2D eigenvalue weighted by Gasteiger charge is -2.21. The number of unbranched alkanes of at least 4 members (excludes halogenated alkanes) is 30. The monoisotopic (exact) mass is 1230 g/mol. The number of esters is 4. The molecular formula is C64H124O17P2. The van der Waals surface area contributed by atoms with Crippen LogP contribution >= 0.6 is 15.6 Å². The topological polar surface area (TPSA) is 237 Å². The summed E-state index contributed by atoms with van der Waals surface area (Å²) in [5.41, 5.74) is 0. The van der Waals surface area contributed by atoms with Crippen LogP contribution in [-0.2, 0) is 65.4 Å². The van der Waals surface area contributed by atoms with Crippen LogP contribution in [0.3, 0.4) is 0 Å². The number of carbonyl (C=O) groups is 4. The molecule has 0 aliphatic heterocycles. The zero-order valence-electron chi connectivity index (χ0n) is 53.6. The minimum Gasteiger partial charge on any atom is -0.462 e. The van der Waals surface area contributed by atoms with Gasteiger partial charge >= 0.3 is 39.5 Å². The maximum atomic E-state index is 13.0. The quantitative estimate of drug-likeness (QED) is 0.0222. The molecule has 17 nitrogen and oxygen atoms in total. The summed E-state index contributed by atoms with van der Waals surface area (Å²) in [4.78, 5) is 72.2. The third kappa shape index (κ3) is 58.8.